The third-order valence-electron chi connectivity index (χ3n) is 5.69. The van der Waals surface area contributed by atoms with Crippen molar-refractivity contribution in [3.05, 3.63) is 35.2 Å². The van der Waals surface area contributed by atoms with Gasteiger partial charge in [0, 0.05) is 34.1 Å². The zero-order valence-electron chi connectivity index (χ0n) is 18.5. The van der Waals surface area contributed by atoms with Crippen LogP contribution in [0.2, 0.25) is 0 Å². The molecule has 1 atom stereocenters. The number of likely N-dealkylation sites (tertiary alicyclic amines) is 1. The van der Waals surface area contributed by atoms with Gasteiger partial charge in [-0.3, -0.25) is 0 Å². The van der Waals surface area contributed by atoms with E-state index in [-0.39, 0.29) is 12.1 Å². The number of thiophene rings is 1. The van der Waals surface area contributed by atoms with E-state index in [0.717, 1.165) is 52.8 Å². The number of carbonyl (C=O) groups is 1. The average molecular weight is 451 g/mol. The highest BCUT2D eigenvalue weighted by molar-refractivity contribution is 7.18. The summed E-state index contributed by atoms with van der Waals surface area (Å²) in [7, 11) is 0. The molecular formula is C23H26N6O2S. The standard InChI is InChI=1S/C23H26N6O2S/c1-23(2,3)31-22(30)29-9-4-5-15(29)12-24-21-17-8-10-32-20(17)16-7-6-14(11-18(16)26-21)19-13-25-28-27-19/h6-8,10-11,15H,4-5,9,12-13H2,1-3H3,(H,24,26). The fraction of sp³-hybridized carbons (Fsp3) is 0.435. The van der Waals surface area contributed by atoms with E-state index >= 15 is 0 Å². The molecule has 2 aliphatic heterocycles. The van der Waals surface area contributed by atoms with E-state index in [9.17, 15) is 4.79 Å². The minimum Gasteiger partial charge on any atom is -0.444 e. The summed E-state index contributed by atoms with van der Waals surface area (Å²) in [5.74, 6) is 0.838. The molecule has 1 saturated heterocycles. The Labute approximate surface area is 190 Å². The molecule has 2 aromatic heterocycles. The number of amides is 1. The summed E-state index contributed by atoms with van der Waals surface area (Å²) in [6.07, 6.45) is 1.68. The first kappa shape index (κ1) is 20.8. The highest BCUT2D eigenvalue weighted by atomic mass is 32.1. The number of fused-ring (bicyclic) bond motifs is 3. The monoisotopic (exact) mass is 450 g/mol. The second kappa shape index (κ2) is 8.12. The predicted molar refractivity (Wildman–Crippen MR) is 128 cm³/mol. The largest absolute Gasteiger partial charge is 0.444 e. The van der Waals surface area contributed by atoms with E-state index in [0.29, 0.717) is 13.1 Å². The predicted octanol–water partition coefficient (Wildman–Crippen LogP) is 5.43. The summed E-state index contributed by atoms with van der Waals surface area (Å²) >= 11 is 1.71. The molecule has 1 aromatic carbocycles. The summed E-state index contributed by atoms with van der Waals surface area (Å²) in [6.45, 7) is 7.55. The molecule has 1 amide bonds. The van der Waals surface area contributed by atoms with Crippen molar-refractivity contribution in [1.29, 1.82) is 0 Å². The van der Waals surface area contributed by atoms with Crippen molar-refractivity contribution >= 4 is 49.9 Å². The van der Waals surface area contributed by atoms with Crippen LogP contribution < -0.4 is 5.32 Å². The van der Waals surface area contributed by atoms with Crippen LogP contribution in [0.1, 0.15) is 39.2 Å². The molecule has 0 radical (unpaired) electrons. The van der Waals surface area contributed by atoms with E-state index in [2.05, 4.69) is 50.4 Å². The van der Waals surface area contributed by atoms with Gasteiger partial charge in [-0.25, -0.2) is 9.78 Å². The minimum absolute atomic E-state index is 0.0819. The molecular weight excluding hydrogens is 424 g/mol. The normalized spacial score (nSPS) is 18.5. The molecule has 3 aromatic rings. The molecule has 2 aliphatic rings. The van der Waals surface area contributed by atoms with Gasteiger partial charge in [-0.2, -0.15) is 5.11 Å². The zero-order chi connectivity index (χ0) is 22.3. The fourth-order valence-corrected chi connectivity index (χ4v) is 5.14. The Balaban J connectivity index is 1.40. The van der Waals surface area contributed by atoms with Gasteiger partial charge < -0.3 is 15.0 Å². The number of carbonyl (C=O) groups excluding carboxylic acids is 1. The Kier molecular flexibility index (Phi) is 5.28. The van der Waals surface area contributed by atoms with E-state index < -0.39 is 5.60 Å². The highest BCUT2D eigenvalue weighted by Gasteiger charge is 2.32. The molecule has 0 aliphatic carbocycles. The second-order valence-corrected chi connectivity index (χ2v) is 10.1. The van der Waals surface area contributed by atoms with Crippen molar-refractivity contribution in [2.75, 3.05) is 25.0 Å². The van der Waals surface area contributed by atoms with Crippen LogP contribution in [-0.2, 0) is 4.74 Å². The van der Waals surface area contributed by atoms with Crippen LogP contribution >= 0.6 is 11.3 Å². The van der Waals surface area contributed by atoms with Crippen molar-refractivity contribution in [3.8, 4) is 0 Å². The molecule has 1 unspecified atom stereocenters. The second-order valence-electron chi connectivity index (χ2n) is 9.14. The Morgan fingerprint density at radius 1 is 1.28 bits per heavy atom. The van der Waals surface area contributed by atoms with Crippen molar-refractivity contribution in [2.24, 2.45) is 15.4 Å². The topological polar surface area (TPSA) is 91.5 Å². The molecule has 9 heteroatoms. The maximum Gasteiger partial charge on any atom is 0.410 e. The summed E-state index contributed by atoms with van der Waals surface area (Å²) in [6, 6.07) is 8.39. The van der Waals surface area contributed by atoms with E-state index in [4.69, 9.17) is 9.72 Å². The van der Waals surface area contributed by atoms with Crippen LogP contribution in [0.25, 0.3) is 21.0 Å². The molecule has 5 rings (SSSR count). The van der Waals surface area contributed by atoms with Gasteiger partial charge in [-0.15, -0.1) is 16.4 Å². The van der Waals surface area contributed by atoms with Crippen LogP contribution in [-0.4, -0.2) is 53.0 Å². The van der Waals surface area contributed by atoms with Gasteiger partial charge >= 0.3 is 6.09 Å². The van der Waals surface area contributed by atoms with Crippen LogP contribution in [0.15, 0.2) is 45.1 Å². The maximum absolute atomic E-state index is 12.6. The number of pyridine rings is 1. The van der Waals surface area contributed by atoms with E-state index in [1.54, 1.807) is 11.3 Å². The molecule has 0 spiro atoms. The molecule has 166 valence electrons. The zero-order valence-corrected chi connectivity index (χ0v) is 19.3. The fourth-order valence-electron chi connectivity index (χ4n) is 4.20. The maximum atomic E-state index is 12.6. The molecule has 8 nitrogen and oxygen atoms in total. The smallest absolute Gasteiger partial charge is 0.410 e. The number of anilines is 1. The lowest BCUT2D eigenvalue weighted by molar-refractivity contribution is 0.0235. The number of ether oxygens (including phenoxy) is 1. The lowest BCUT2D eigenvalue weighted by atomic mass is 10.1. The lowest BCUT2D eigenvalue weighted by Crippen LogP contribution is -2.42. The van der Waals surface area contributed by atoms with Gasteiger partial charge in [-0.1, -0.05) is 12.1 Å². The van der Waals surface area contributed by atoms with Crippen molar-refractivity contribution < 1.29 is 9.53 Å². The number of rotatable bonds is 4. The molecule has 0 bridgehead atoms. The van der Waals surface area contributed by atoms with Crippen LogP contribution in [0.5, 0.6) is 0 Å². The summed E-state index contributed by atoms with van der Waals surface area (Å²) in [5.41, 5.74) is 2.25. The summed E-state index contributed by atoms with van der Waals surface area (Å²) < 4.78 is 6.80. The van der Waals surface area contributed by atoms with Gasteiger partial charge in [0.05, 0.1) is 17.3 Å². The van der Waals surface area contributed by atoms with E-state index in [1.807, 2.05) is 25.7 Å². The van der Waals surface area contributed by atoms with E-state index in [1.165, 1.54) is 4.70 Å². The average Bonchev–Trinajstić information content (AvgIpc) is 3.52. The van der Waals surface area contributed by atoms with Crippen molar-refractivity contribution in [3.63, 3.8) is 0 Å². The summed E-state index contributed by atoms with van der Waals surface area (Å²) in [4.78, 5) is 19.4. The van der Waals surface area contributed by atoms with Crippen LogP contribution in [0.3, 0.4) is 0 Å². The number of benzene rings is 1. The van der Waals surface area contributed by atoms with Gasteiger partial charge in [0.2, 0.25) is 0 Å². The highest BCUT2D eigenvalue weighted by Crippen LogP contribution is 2.34. The van der Waals surface area contributed by atoms with Gasteiger partial charge in [0.15, 0.2) is 0 Å². The molecule has 32 heavy (non-hydrogen) atoms. The molecule has 0 saturated carbocycles. The van der Waals surface area contributed by atoms with Gasteiger partial charge in [0.1, 0.15) is 18.0 Å². The molecule has 1 fully saturated rings. The number of nitrogens with zero attached hydrogens (tertiary/aromatic N) is 5. The Bertz CT molecular complexity index is 1240. The third-order valence-corrected chi connectivity index (χ3v) is 6.64. The Morgan fingerprint density at radius 3 is 2.94 bits per heavy atom. The van der Waals surface area contributed by atoms with Crippen molar-refractivity contribution in [2.45, 2.75) is 45.3 Å². The number of aromatic nitrogens is 1. The SMILES string of the molecule is CC(C)(C)OC(=O)N1CCCC1CNc1nc2cc(C3=NN=NC3)ccc2c2sccc12. The Morgan fingerprint density at radius 2 is 2.16 bits per heavy atom. The lowest BCUT2D eigenvalue weighted by Gasteiger charge is -2.28. The minimum atomic E-state index is -0.498. The first-order valence-corrected chi connectivity index (χ1v) is 11.8. The number of nitrogens with one attached hydrogen (secondary N) is 1. The summed E-state index contributed by atoms with van der Waals surface area (Å²) in [5, 5.41) is 19.6. The van der Waals surface area contributed by atoms with Gasteiger partial charge in [-0.05, 0) is 56.3 Å². The molecule has 4 heterocycles. The first-order valence-electron chi connectivity index (χ1n) is 10.9. The molecule has 1 N–H and O–H groups in total. The third kappa shape index (κ3) is 4.04. The van der Waals surface area contributed by atoms with Crippen molar-refractivity contribution in [1.82, 2.24) is 9.88 Å². The quantitative estimate of drug-likeness (QED) is 0.574. The Hall–Kier alpha value is -3.07. The van der Waals surface area contributed by atoms with Gasteiger partial charge in [0.25, 0.3) is 0 Å². The first-order chi connectivity index (χ1) is 15.4. The van der Waals surface area contributed by atoms with Crippen LogP contribution in [0.4, 0.5) is 10.6 Å². The van der Waals surface area contributed by atoms with Crippen LogP contribution in [0, 0.1) is 0 Å². The number of hydrogen-bond acceptors (Lipinski definition) is 8. The number of hydrogen-bond donors (Lipinski definition) is 1.